The lowest BCUT2D eigenvalue weighted by atomic mass is 10.0. The van der Waals surface area contributed by atoms with Crippen LogP contribution in [0.5, 0.6) is 0 Å². The monoisotopic (exact) mass is 961 g/mol. The van der Waals surface area contributed by atoms with Crippen LogP contribution in [-0.4, -0.2) is 87.4 Å². The van der Waals surface area contributed by atoms with Crippen LogP contribution in [0, 0.1) is 0 Å². The molecule has 0 radical (unpaired) electrons. The van der Waals surface area contributed by atoms with Crippen LogP contribution in [0.3, 0.4) is 0 Å². The molecular formula is C60H98NO8+. The molecule has 0 heterocycles. The number of ether oxygens (including phenoxy) is 4. The third kappa shape index (κ3) is 51.4. The van der Waals surface area contributed by atoms with Crippen LogP contribution < -0.4 is 0 Å². The van der Waals surface area contributed by atoms with Gasteiger partial charge in [-0.15, -0.1) is 0 Å². The summed E-state index contributed by atoms with van der Waals surface area (Å²) in [7, 11) is 5.93. The first-order valence-electron chi connectivity index (χ1n) is 26.7. The van der Waals surface area contributed by atoms with E-state index in [1.165, 1.54) is 64.2 Å². The predicted molar refractivity (Wildman–Crippen MR) is 290 cm³/mol. The summed E-state index contributed by atoms with van der Waals surface area (Å²) < 4.78 is 22.7. The first-order chi connectivity index (χ1) is 33.6. The lowest BCUT2D eigenvalue weighted by molar-refractivity contribution is -0.870. The Morgan fingerprint density at radius 1 is 0.449 bits per heavy atom. The van der Waals surface area contributed by atoms with Gasteiger partial charge in [-0.1, -0.05) is 206 Å². The predicted octanol–water partition coefficient (Wildman–Crippen LogP) is 15.3. The number of allylic oxidation sites excluding steroid dienone is 19. The van der Waals surface area contributed by atoms with Crippen LogP contribution in [0.2, 0.25) is 0 Å². The molecule has 0 spiro atoms. The Morgan fingerprint density at radius 3 is 1.23 bits per heavy atom. The van der Waals surface area contributed by atoms with Gasteiger partial charge in [-0.3, -0.25) is 9.59 Å². The van der Waals surface area contributed by atoms with Crippen LogP contribution in [0.25, 0.3) is 0 Å². The Kier molecular flexibility index (Phi) is 47.0. The van der Waals surface area contributed by atoms with Crippen molar-refractivity contribution < 1.29 is 42.9 Å². The molecular weight excluding hydrogens is 863 g/mol. The van der Waals surface area contributed by atoms with Crippen LogP contribution in [0.4, 0.5) is 0 Å². The number of aliphatic carboxylic acids is 1. The van der Waals surface area contributed by atoms with Crippen molar-refractivity contribution in [1.82, 2.24) is 0 Å². The van der Waals surface area contributed by atoms with E-state index < -0.39 is 30.3 Å². The maximum absolute atomic E-state index is 12.8. The topological polar surface area (TPSA) is 108 Å². The number of carboxylic acid groups (broad SMARTS) is 1. The second-order valence-corrected chi connectivity index (χ2v) is 18.4. The minimum atomic E-state index is -1.54. The minimum absolute atomic E-state index is 0.0639. The Balaban J connectivity index is 4.32. The Labute approximate surface area is 421 Å². The van der Waals surface area contributed by atoms with E-state index >= 15 is 0 Å². The maximum atomic E-state index is 12.8. The maximum Gasteiger partial charge on any atom is 0.361 e. The van der Waals surface area contributed by atoms with E-state index in [0.717, 1.165) is 77.0 Å². The summed E-state index contributed by atoms with van der Waals surface area (Å²) in [5.41, 5.74) is 0. The van der Waals surface area contributed by atoms with Gasteiger partial charge in [0.25, 0.3) is 6.29 Å². The number of carbonyl (C=O) groups is 3. The normalized spacial score (nSPS) is 13.8. The summed E-state index contributed by atoms with van der Waals surface area (Å²) in [6.45, 7) is 4.51. The highest BCUT2D eigenvalue weighted by molar-refractivity contribution is 5.72. The highest BCUT2D eigenvalue weighted by atomic mass is 16.7. The molecule has 1 N–H and O–H groups in total. The lowest BCUT2D eigenvalue weighted by Crippen LogP contribution is -2.40. The zero-order chi connectivity index (χ0) is 50.6. The van der Waals surface area contributed by atoms with Gasteiger partial charge in [0.15, 0.2) is 6.10 Å². The van der Waals surface area contributed by atoms with Gasteiger partial charge in [0.05, 0.1) is 40.8 Å². The molecule has 0 aromatic heterocycles. The number of carboxylic acids is 1. The van der Waals surface area contributed by atoms with Gasteiger partial charge in [-0.25, -0.2) is 4.79 Å². The fraction of sp³-hybridized carbons (Fsp3) is 0.617. The summed E-state index contributed by atoms with van der Waals surface area (Å²) >= 11 is 0. The molecule has 0 saturated heterocycles. The molecule has 0 aromatic carbocycles. The van der Waals surface area contributed by atoms with Crippen LogP contribution in [0.15, 0.2) is 122 Å². The smallest absolute Gasteiger partial charge is 0.361 e. The third-order valence-corrected chi connectivity index (χ3v) is 10.7. The number of rotatable bonds is 47. The first kappa shape index (κ1) is 64.7. The molecule has 0 bridgehead atoms. The summed E-state index contributed by atoms with van der Waals surface area (Å²) in [4.78, 5) is 37.2. The van der Waals surface area contributed by atoms with Gasteiger partial charge in [-0.2, -0.15) is 0 Å². The van der Waals surface area contributed by atoms with Crippen molar-refractivity contribution in [2.45, 2.75) is 193 Å². The van der Waals surface area contributed by atoms with Gasteiger partial charge in [-0.05, 0) is 83.5 Å². The van der Waals surface area contributed by atoms with E-state index in [4.69, 9.17) is 18.9 Å². The number of quaternary nitrogens is 1. The van der Waals surface area contributed by atoms with E-state index in [0.29, 0.717) is 23.9 Å². The van der Waals surface area contributed by atoms with E-state index in [9.17, 15) is 19.5 Å². The van der Waals surface area contributed by atoms with Crippen molar-refractivity contribution in [2.75, 3.05) is 47.5 Å². The van der Waals surface area contributed by atoms with Crippen molar-refractivity contribution in [3.8, 4) is 0 Å². The fourth-order valence-electron chi connectivity index (χ4n) is 6.70. The van der Waals surface area contributed by atoms with Crippen molar-refractivity contribution >= 4 is 17.9 Å². The first-order valence-corrected chi connectivity index (χ1v) is 26.7. The average Bonchev–Trinajstić information content (AvgIpc) is 3.31. The van der Waals surface area contributed by atoms with E-state index in [1.807, 2.05) is 33.3 Å². The van der Waals surface area contributed by atoms with Crippen LogP contribution >= 0.6 is 0 Å². The fourth-order valence-corrected chi connectivity index (χ4v) is 6.70. The quantitative estimate of drug-likeness (QED) is 0.0211. The Bertz CT molecular complexity index is 1540. The Morgan fingerprint density at radius 2 is 0.826 bits per heavy atom. The summed E-state index contributed by atoms with van der Waals surface area (Å²) in [6, 6.07) is 0. The summed E-state index contributed by atoms with van der Waals surface area (Å²) in [6.07, 6.45) is 67.3. The number of unbranched alkanes of at least 4 members (excludes halogenated alkanes) is 13. The molecule has 69 heavy (non-hydrogen) atoms. The largest absolute Gasteiger partial charge is 0.477 e. The number of nitrogens with zero attached hydrogens (tertiary/aromatic N) is 1. The Hall–Kier alpha value is -4.31. The van der Waals surface area contributed by atoms with Crippen molar-refractivity contribution in [3.63, 3.8) is 0 Å². The number of carbonyl (C=O) groups excluding carboxylic acids is 2. The second-order valence-electron chi connectivity index (χ2n) is 18.4. The molecule has 9 heteroatoms. The molecule has 0 aliphatic carbocycles. The van der Waals surface area contributed by atoms with Crippen LogP contribution in [-0.2, 0) is 33.3 Å². The highest BCUT2D eigenvalue weighted by Gasteiger charge is 2.25. The molecule has 0 aliphatic heterocycles. The summed E-state index contributed by atoms with van der Waals surface area (Å²) in [5, 5.41) is 9.67. The van der Waals surface area contributed by atoms with Gasteiger partial charge < -0.3 is 28.5 Å². The van der Waals surface area contributed by atoms with E-state index in [1.54, 1.807) is 6.08 Å². The molecule has 0 amide bonds. The second kappa shape index (κ2) is 50.1. The molecule has 0 fully saturated rings. The van der Waals surface area contributed by atoms with Gasteiger partial charge in [0.1, 0.15) is 13.2 Å². The van der Waals surface area contributed by atoms with E-state index in [-0.39, 0.29) is 32.7 Å². The molecule has 0 rings (SSSR count). The number of hydrogen-bond acceptors (Lipinski definition) is 7. The van der Waals surface area contributed by atoms with Gasteiger partial charge in [0, 0.05) is 6.42 Å². The van der Waals surface area contributed by atoms with Crippen molar-refractivity contribution in [2.24, 2.45) is 0 Å². The zero-order valence-corrected chi connectivity index (χ0v) is 44.2. The SMILES string of the molecule is CC/C=C\C/C=C\C/C=C\C/C=C\C/C=C\CCCCCCCCCCCCCCCC(=O)OC(COC(=O)C/C=C\C/C=C\C/C=C\C/C=C\C/C=C\CC)COC(OCC[N+](C)(C)C)C(=O)O. The average molecular weight is 961 g/mol. The number of hydrogen-bond donors (Lipinski definition) is 1. The van der Waals surface area contributed by atoms with Crippen molar-refractivity contribution in [1.29, 1.82) is 0 Å². The van der Waals surface area contributed by atoms with Gasteiger partial charge >= 0.3 is 17.9 Å². The highest BCUT2D eigenvalue weighted by Crippen LogP contribution is 2.15. The molecule has 390 valence electrons. The standard InChI is InChI=1S/C60H97NO8/c1-6-8-10-12-14-16-18-20-22-23-24-25-26-27-28-29-30-31-32-33-34-35-37-39-41-43-45-47-49-51-58(63)69-56(55-68-60(59(64)65)66-53-52-61(3,4)5)54-67-57(62)50-48-46-44-42-40-38-36-21-19-17-15-13-11-9-7-2/h8-11,14-17,20-22,24-25,27-28,36,40,42,46,48,56,60H,6-7,12-13,18-19,23,26,29-35,37-39,41,43-45,47,49-55H2,1-5H3/p+1/b10-8-,11-9-,16-14-,17-15-,22-20-,25-24-,28-27-,36-21-,42-40-,48-46-. The number of esters is 2. The molecule has 2 atom stereocenters. The van der Waals surface area contributed by atoms with E-state index in [2.05, 4.69) is 117 Å². The molecule has 2 unspecified atom stereocenters. The molecule has 0 aliphatic rings. The molecule has 9 nitrogen and oxygen atoms in total. The molecule has 0 saturated carbocycles. The molecule has 0 aromatic rings. The lowest BCUT2D eigenvalue weighted by Gasteiger charge is -2.25. The van der Waals surface area contributed by atoms with Gasteiger partial charge in [0.2, 0.25) is 0 Å². The van der Waals surface area contributed by atoms with Crippen molar-refractivity contribution in [3.05, 3.63) is 122 Å². The summed E-state index contributed by atoms with van der Waals surface area (Å²) in [5.74, 6) is -2.18. The number of likely N-dealkylation sites (N-methyl/N-ethyl adjacent to an activating group) is 1. The minimum Gasteiger partial charge on any atom is -0.477 e. The van der Waals surface area contributed by atoms with Crippen LogP contribution in [0.1, 0.15) is 181 Å². The third-order valence-electron chi connectivity index (χ3n) is 10.7. The zero-order valence-electron chi connectivity index (χ0n) is 44.2.